The molecule has 0 aromatic rings. The molecule has 3 fully saturated rings. The van der Waals surface area contributed by atoms with Crippen molar-refractivity contribution in [1.82, 2.24) is 15.5 Å². The summed E-state index contributed by atoms with van der Waals surface area (Å²) in [6.07, 6.45) is 3.81. The Hall–Kier alpha value is -2.25. The van der Waals surface area contributed by atoms with E-state index in [1.165, 1.54) is 6.92 Å². The number of rotatable bonds is 9. The molecule has 3 unspecified atom stereocenters. The lowest BCUT2D eigenvalue weighted by Gasteiger charge is -2.38. The van der Waals surface area contributed by atoms with Gasteiger partial charge in [0.05, 0.1) is 6.04 Å². The minimum atomic E-state index is -0.863. The van der Waals surface area contributed by atoms with Crippen LogP contribution in [-0.4, -0.2) is 58.9 Å². The van der Waals surface area contributed by atoms with Crippen LogP contribution in [0.25, 0.3) is 0 Å². The zero-order valence-corrected chi connectivity index (χ0v) is 24.2. The summed E-state index contributed by atoms with van der Waals surface area (Å²) in [7, 11) is 0. The molecule has 8 heteroatoms. The van der Waals surface area contributed by atoms with E-state index in [2.05, 4.69) is 24.5 Å². The molecule has 0 aromatic carbocycles. The summed E-state index contributed by atoms with van der Waals surface area (Å²) in [4.78, 5) is 66.7. The normalized spacial score (nSPS) is 26.4. The van der Waals surface area contributed by atoms with Crippen LogP contribution >= 0.6 is 0 Å². The van der Waals surface area contributed by atoms with Gasteiger partial charge in [-0.15, -0.1) is 0 Å². The number of amides is 3. The summed E-state index contributed by atoms with van der Waals surface area (Å²) in [5.74, 6) is -1.52. The third-order valence-corrected chi connectivity index (χ3v) is 8.64. The standard InChI is InChI=1S/C29H47N3O5/c1-16(33)23(35)19(13-17-11-10-12-17)30-25(36)22-21-18(29(21,8)9)15-32(22)26(37)24(28(5,6)7)31-20(34)14-27(2,3)4/h17-19,21-22,24H,10-15H2,1-9H3,(H,30,36)(H,31,34)/t18?,19?,21?,22-,24+/m0/s1. The quantitative estimate of drug-likeness (QED) is 0.456. The lowest BCUT2D eigenvalue weighted by molar-refractivity contribution is -0.146. The molecule has 0 aromatic heterocycles. The molecule has 1 heterocycles. The molecule has 0 bridgehead atoms. The maximum atomic E-state index is 14.0. The van der Waals surface area contributed by atoms with Gasteiger partial charge in [0.25, 0.3) is 0 Å². The molecule has 208 valence electrons. The number of hydrogen-bond acceptors (Lipinski definition) is 5. The van der Waals surface area contributed by atoms with Crippen molar-refractivity contribution < 1.29 is 24.0 Å². The van der Waals surface area contributed by atoms with E-state index in [1.807, 2.05) is 41.5 Å². The first-order valence-corrected chi connectivity index (χ1v) is 13.8. The minimum Gasteiger partial charge on any atom is -0.344 e. The molecule has 2 aliphatic carbocycles. The second-order valence-electron chi connectivity index (χ2n) is 14.5. The van der Waals surface area contributed by atoms with Gasteiger partial charge in [-0.25, -0.2) is 0 Å². The van der Waals surface area contributed by atoms with Gasteiger partial charge < -0.3 is 15.5 Å². The van der Waals surface area contributed by atoms with Gasteiger partial charge in [-0.1, -0.05) is 74.7 Å². The third-order valence-electron chi connectivity index (χ3n) is 8.64. The average molecular weight is 518 g/mol. The number of Topliss-reactive ketones (excluding diaryl/α,β-unsaturated/α-hetero) is 2. The van der Waals surface area contributed by atoms with Gasteiger partial charge in [-0.3, -0.25) is 24.0 Å². The fraction of sp³-hybridized carbons (Fsp3) is 0.828. The smallest absolute Gasteiger partial charge is 0.246 e. The summed E-state index contributed by atoms with van der Waals surface area (Å²) < 4.78 is 0. The van der Waals surface area contributed by atoms with Crippen LogP contribution in [0.2, 0.25) is 0 Å². The molecule has 1 saturated heterocycles. The highest BCUT2D eigenvalue weighted by atomic mass is 16.2. The second kappa shape index (κ2) is 10.1. The monoisotopic (exact) mass is 517 g/mol. The topological polar surface area (TPSA) is 113 Å². The Morgan fingerprint density at radius 1 is 0.973 bits per heavy atom. The van der Waals surface area contributed by atoms with E-state index >= 15 is 0 Å². The molecule has 0 spiro atoms. The predicted molar refractivity (Wildman–Crippen MR) is 141 cm³/mol. The van der Waals surface area contributed by atoms with Crippen LogP contribution in [-0.2, 0) is 24.0 Å². The number of carbonyl (C=O) groups excluding carboxylic acids is 5. The van der Waals surface area contributed by atoms with E-state index in [-0.39, 0.29) is 46.8 Å². The molecule has 2 saturated carbocycles. The predicted octanol–water partition coefficient (Wildman–Crippen LogP) is 3.27. The van der Waals surface area contributed by atoms with Crippen LogP contribution < -0.4 is 10.6 Å². The number of nitrogens with one attached hydrogen (secondary N) is 2. The van der Waals surface area contributed by atoms with Gasteiger partial charge in [-0.2, -0.15) is 0 Å². The van der Waals surface area contributed by atoms with Crippen LogP contribution in [0, 0.1) is 34.0 Å². The molecule has 3 rings (SSSR count). The molecular weight excluding hydrogens is 470 g/mol. The summed E-state index contributed by atoms with van der Waals surface area (Å²) in [6, 6.07) is -2.39. The number of fused-ring (bicyclic) bond motifs is 1. The van der Waals surface area contributed by atoms with E-state index < -0.39 is 35.1 Å². The van der Waals surface area contributed by atoms with Crippen molar-refractivity contribution in [3.8, 4) is 0 Å². The van der Waals surface area contributed by atoms with Gasteiger partial charge in [-0.05, 0) is 40.4 Å². The van der Waals surface area contributed by atoms with Crippen LogP contribution in [0.15, 0.2) is 0 Å². The van der Waals surface area contributed by atoms with Crippen molar-refractivity contribution in [2.24, 2.45) is 34.0 Å². The van der Waals surface area contributed by atoms with Crippen molar-refractivity contribution in [2.45, 2.75) is 113 Å². The van der Waals surface area contributed by atoms with E-state index in [9.17, 15) is 24.0 Å². The fourth-order valence-corrected chi connectivity index (χ4v) is 6.12. The molecule has 37 heavy (non-hydrogen) atoms. The Morgan fingerprint density at radius 3 is 2.03 bits per heavy atom. The van der Waals surface area contributed by atoms with Crippen molar-refractivity contribution in [3.05, 3.63) is 0 Å². The van der Waals surface area contributed by atoms with Crippen LogP contribution in [0.5, 0.6) is 0 Å². The molecule has 3 aliphatic rings. The van der Waals surface area contributed by atoms with Crippen molar-refractivity contribution >= 4 is 29.3 Å². The summed E-state index contributed by atoms with van der Waals surface area (Å²) in [6.45, 7) is 17.5. The van der Waals surface area contributed by atoms with E-state index in [1.54, 1.807) is 4.90 Å². The highest BCUT2D eigenvalue weighted by molar-refractivity contribution is 6.38. The van der Waals surface area contributed by atoms with Crippen LogP contribution in [0.3, 0.4) is 0 Å². The number of carbonyl (C=O) groups is 5. The molecule has 5 atom stereocenters. The number of nitrogens with zero attached hydrogens (tertiary/aromatic N) is 1. The first-order valence-electron chi connectivity index (χ1n) is 13.8. The van der Waals surface area contributed by atoms with Gasteiger partial charge in [0.2, 0.25) is 23.5 Å². The highest BCUT2D eigenvalue weighted by Crippen LogP contribution is 2.65. The van der Waals surface area contributed by atoms with Crippen molar-refractivity contribution in [2.75, 3.05) is 6.54 Å². The summed E-state index contributed by atoms with van der Waals surface area (Å²) in [5, 5.41) is 5.83. The largest absolute Gasteiger partial charge is 0.344 e. The number of hydrogen-bond donors (Lipinski definition) is 2. The SMILES string of the molecule is CC(=O)C(=O)C(CC1CCC1)NC(=O)[C@@H]1C2C(CN1C(=O)[C@@H](NC(=O)CC(C)(C)C)C(C)(C)C)C2(C)C. The van der Waals surface area contributed by atoms with Gasteiger partial charge in [0, 0.05) is 19.9 Å². The molecular formula is C29H47N3O5. The Bertz CT molecular complexity index is 954. The first kappa shape index (κ1) is 29.3. The maximum absolute atomic E-state index is 14.0. The number of likely N-dealkylation sites (tertiary alicyclic amines) is 1. The maximum Gasteiger partial charge on any atom is 0.246 e. The Balaban J connectivity index is 1.83. The minimum absolute atomic E-state index is 0.0286. The van der Waals surface area contributed by atoms with E-state index in [4.69, 9.17) is 0 Å². The van der Waals surface area contributed by atoms with Gasteiger partial charge in [0.15, 0.2) is 5.78 Å². The van der Waals surface area contributed by atoms with E-state index in [0.29, 0.717) is 18.9 Å². The Morgan fingerprint density at radius 2 is 1.57 bits per heavy atom. The summed E-state index contributed by atoms with van der Waals surface area (Å²) in [5.41, 5.74) is -0.888. The number of ketones is 2. The van der Waals surface area contributed by atoms with Gasteiger partial charge >= 0.3 is 0 Å². The van der Waals surface area contributed by atoms with Gasteiger partial charge in [0.1, 0.15) is 12.1 Å². The number of piperidine rings is 1. The zero-order chi connectivity index (χ0) is 28.1. The molecule has 0 radical (unpaired) electrons. The van der Waals surface area contributed by atoms with E-state index in [0.717, 1.165) is 19.3 Å². The lowest BCUT2D eigenvalue weighted by atomic mass is 9.79. The lowest BCUT2D eigenvalue weighted by Crippen LogP contribution is -2.60. The molecule has 3 amide bonds. The van der Waals surface area contributed by atoms with Crippen LogP contribution in [0.1, 0.15) is 94.4 Å². The highest BCUT2D eigenvalue weighted by Gasteiger charge is 2.69. The molecule has 2 N–H and O–H groups in total. The average Bonchev–Trinajstić information content (AvgIpc) is 3.06. The molecule has 8 nitrogen and oxygen atoms in total. The first-order chi connectivity index (χ1) is 16.8. The molecule has 1 aliphatic heterocycles. The van der Waals surface area contributed by atoms with Crippen molar-refractivity contribution in [1.29, 1.82) is 0 Å². The second-order valence-corrected chi connectivity index (χ2v) is 14.5. The Labute approximate surface area is 222 Å². The van der Waals surface area contributed by atoms with Crippen molar-refractivity contribution in [3.63, 3.8) is 0 Å². The third kappa shape index (κ3) is 6.43. The van der Waals surface area contributed by atoms with Crippen LogP contribution in [0.4, 0.5) is 0 Å². The summed E-state index contributed by atoms with van der Waals surface area (Å²) >= 11 is 0. The fourth-order valence-electron chi connectivity index (χ4n) is 6.12. The zero-order valence-electron chi connectivity index (χ0n) is 24.2. The Kier molecular flexibility index (Phi) is 8.03.